The Kier molecular flexibility index (Phi) is 6.03. The minimum atomic E-state index is -1.41. The van der Waals surface area contributed by atoms with E-state index in [2.05, 4.69) is 4.72 Å². The molecule has 1 unspecified atom stereocenters. The Morgan fingerprint density at radius 3 is 1.97 bits per heavy atom. The van der Waals surface area contributed by atoms with Gasteiger partial charge in [-0.25, -0.2) is 8.93 Å². The van der Waals surface area contributed by atoms with Gasteiger partial charge in [0.25, 0.3) is 0 Å². The zero-order valence-electron chi connectivity index (χ0n) is 16.8. The monoisotopic (exact) mass is 457 g/mol. The number of methoxy groups -OCH3 is 1. The van der Waals surface area contributed by atoms with Crippen LogP contribution in [0.3, 0.4) is 0 Å². The summed E-state index contributed by atoms with van der Waals surface area (Å²) < 4.78 is 22.1. The van der Waals surface area contributed by atoms with Crippen LogP contribution in [-0.4, -0.2) is 17.4 Å². The first-order chi connectivity index (χ1) is 14.4. The van der Waals surface area contributed by atoms with Crippen LogP contribution in [0.5, 0.6) is 5.75 Å². The van der Waals surface area contributed by atoms with E-state index < -0.39 is 11.0 Å². The molecule has 0 saturated heterocycles. The van der Waals surface area contributed by atoms with Crippen LogP contribution in [0.1, 0.15) is 13.8 Å². The van der Waals surface area contributed by atoms with Crippen LogP contribution < -0.4 is 9.46 Å². The van der Waals surface area contributed by atoms with Crippen molar-refractivity contribution in [3.8, 4) is 16.9 Å². The maximum atomic E-state index is 13.3. The Labute approximate surface area is 188 Å². The van der Waals surface area contributed by atoms with Gasteiger partial charge in [0.1, 0.15) is 16.7 Å². The zero-order chi connectivity index (χ0) is 21.4. The van der Waals surface area contributed by atoms with Crippen molar-refractivity contribution in [2.75, 3.05) is 7.11 Å². The fourth-order valence-corrected chi connectivity index (χ4v) is 5.18. The topological polar surface area (TPSA) is 38.3 Å². The number of hydrogen-bond acceptors (Lipinski definition) is 2. The number of hydrogen-bond donors (Lipinski definition) is 1. The summed E-state index contributed by atoms with van der Waals surface area (Å²) in [6.07, 6.45) is 0. The fourth-order valence-electron chi connectivity index (χ4n) is 3.68. The number of rotatable bonds is 5. The van der Waals surface area contributed by atoms with Crippen LogP contribution in [0.2, 0.25) is 10.0 Å². The third-order valence-electron chi connectivity index (χ3n) is 4.90. The predicted molar refractivity (Wildman–Crippen MR) is 128 cm³/mol. The summed E-state index contributed by atoms with van der Waals surface area (Å²) in [5, 5.41) is 5.20. The number of nitrogens with one attached hydrogen (secondary N) is 1. The number of benzene rings is 4. The van der Waals surface area contributed by atoms with Gasteiger partial charge in [0.05, 0.1) is 12.0 Å². The normalized spacial score (nSPS) is 12.6. The quantitative estimate of drug-likeness (QED) is 0.350. The van der Waals surface area contributed by atoms with Gasteiger partial charge in [-0.05, 0) is 71.8 Å². The highest BCUT2D eigenvalue weighted by molar-refractivity contribution is 7.83. The van der Waals surface area contributed by atoms with Gasteiger partial charge >= 0.3 is 0 Å². The molecule has 0 amide bonds. The Bertz CT molecular complexity index is 1290. The van der Waals surface area contributed by atoms with Gasteiger partial charge in [0.15, 0.2) is 0 Å². The van der Waals surface area contributed by atoms with Gasteiger partial charge in [0, 0.05) is 27.2 Å². The maximum Gasteiger partial charge on any atom is 0.127 e. The molecule has 3 nitrogen and oxygen atoms in total. The summed E-state index contributed by atoms with van der Waals surface area (Å²) in [4.78, 5) is 0.694. The van der Waals surface area contributed by atoms with Gasteiger partial charge in [-0.2, -0.15) is 0 Å². The molecule has 0 saturated carbocycles. The van der Waals surface area contributed by atoms with E-state index in [1.54, 1.807) is 7.11 Å². The molecule has 0 bridgehead atoms. The molecule has 0 fully saturated rings. The molecule has 0 aliphatic heterocycles. The first-order valence-corrected chi connectivity index (χ1v) is 11.5. The Morgan fingerprint density at radius 1 is 0.833 bits per heavy atom. The molecular formula is C24H21Cl2NO2S. The lowest BCUT2D eigenvalue weighted by atomic mass is 9.93. The van der Waals surface area contributed by atoms with E-state index in [-0.39, 0.29) is 6.04 Å². The fraction of sp³-hybridized carbons (Fsp3) is 0.167. The maximum absolute atomic E-state index is 13.3. The molecular weight excluding hydrogens is 437 g/mol. The molecule has 1 N–H and O–H groups in total. The molecule has 6 heteroatoms. The average Bonchev–Trinajstić information content (AvgIpc) is 2.71. The Balaban J connectivity index is 2.15. The third-order valence-corrected chi connectivity index (χ3v) is 6.79. The molecule has 0 heterocycles. The van der Waals surface area contributed by atoms with Crippen molar-refractivity contribution < 1.29 is 8.95 Å². The summed E-state index contributed by atoms with van der Waals surface area (Å²) in [7, 11) is 0.235. The molecule has 4 rings (SSSR count). The van der Waals surface area contributed by atoms with Gasteiger partial charge in [-0.3, -0.25) is 0 Å². The highest BCUT2D eigenvalue weighted by atomic mass is 35.5. The van der Waals surface area contributed by atoms with E-state index in [4.69, 9.17) is 27.9 Å². The summed E-state index contributed by atoms with van der Waals surface area (Å²) in [5.74, 6) is 0.704. The standard InChI is InChI=1S/C24H21Cl2NO2S/c1-14(2)27-30(28)22-11-5-16-13-18(26)7-9-20(16)24(22)23-19-8-6-17(25)12-15(19)4-10-21(23)29-3/h4-14,27H,1-3H3. The highest BCUT2D eigenvalue weighted by Gasteiger charge is 2.21. The lowest BCUT2D eigenvalue weighted by molar-refractivity contribution is 0.417. The minimum Gasteiger partial charge on any atom is -0.496 e. The molecule has 0 radical (unpaired) electrons. The summed E-state index contributed by atoms with van der Waals surface area (Å²) in [6.45, 7) is 3.94. The lowest BCUT2D eigenvalue weighted by Gasteiger charge is -2.19. The van der Waals surface area contributed by atoms with Crippen molar-refractivity contribution in [2.45, 2.75) is 24.8 Å². The van der Waals surface area contributed by atoms with Gasteiger partial charge in [-0.1, -0.05) is 47.5 Å². The van der Waals surface area contributed by atoms with Crippen LogP contribution in [0.25, 0.3) is 32.7 Å². The van der Waals surface area contributed by atoms with Gasteiger partial charge < -0.3 is 4.74 Å². The van der Waals surface area contributed by atoms with E-state index in [1.165, 1.54) is 0 Å². The van der Waals surface area contributed by atoms with E-state index in [0.717, 1.165) is 32.7 Å². The van der Waals surface area contributed by atoms with Crippen molar-refractivity contribution in [3.05, 3.63) is 70.7 Å². The summed E-state index contributed by atoms with van der Waals surface area (Å²) in [5.41, 5.74) is 1.74. The SMILES string of the molecule is COc1ccc2cc(Cl)ccc2c1-c1c(S(=O)NC(C)C)ccc2cc(Cl)ccc12. The molecule has 154 valence electrons. The molecule has 0 aliphatic carbocycles. The van der Waals surface area contributed by atoms with E-state index in [9.17, 15) is 4.21 Å². The van der Waals surface area contributed by atoms with E-state index in [0.29, 0.717) is 20.7 Å². The molecule has 4 aromatic rings. The first kappa shape index (κ1) is 21.1. The van der Waals surface area contributed by atoms with Crippen LogP contribution >= 0.6 is 23.2 Å². The minimum absolute atomic E-state index is 0.0628. The second-order valence-corrected chi connectivity index (χ2v) is 9.44. The van der Waals surface area contributed by atoms with Crippen molar-refractivity contribution in [3.63, 3.8) is 0 Å². The molecule has 0 aliphatic rings. The van der Waals surface area contributed by atoms with Crippen molar-refractivity contribution >= 4 is 55.7 Å². The van der Waals surface area contributed by atoms with Crippen LogP contribution in [-0.2, 0) is 11.0 Å². The second kappa shape index (κ2) is 8.56. The molecule has 0 spiro atoms. The summed E-state index contributed by atoms with van der Waals surface area (Å²) >= 11 is 12.5. The van der Waals surface area contributed by atoms with Crippen molar-refractivity contribution in [2.24, 2.45) is 0 Å². The second-order valence-electron chi connectivity index (χ2n) is 7.35. The average molecular weight is 458 g/mol. The van der Waals surface area contributed by atoms with Crippen LogP contribution in [0, 0.1) is 0 Å². The van der Waals surface area contributed by atoms with Crippen LogP contribution in [0.15, 0.2) is 65.6 Å². The van der Waals surface area contributed by atoms with E-state index in [1.807, 2.05) is 74.5 Å². The highest BCUT2D eigenvalue weighted by Crippen LogP contribution is 2.44. The van der Waals surface area contributed by atoms with E-state index >= 15 is 0 Å². The smallest absolute Gasteiger partial charge is 0.127 e. The summed E-state index contributed by atoms with van der Waals surface area (Å²) in [6, 6.07) is 19.3. The van der Waals surface area contributed by atoms with Gasteiger partial charge in [0.2, 0.25) is 0 Å². The largest absolute Gasteiger partial charge is 0.496 e. The Morgan fingerprint density at radius 2 is 1.40 bits per heavy atom. The molecule has 0 aromatic heterocycles. The number of fused-ring (bicyclic) bond motifs is 2. The predicted octanol–water partition coefficient (Wildman–Crippen LogP) is 7.00. The zero-order valence-corrected chi connectivity index (χ0v) is 19.2. The van der Waals surface area contributed by atoms with Crippen molar-refractivity contribution in [1.29, 1.82) is 0 Å². The Hall–Kier alpha value is -2.11. The number of halogens is 2. The number of ether oxygens (including phenoxy) is 1. The molecule has 4 aromatic carbocycles. The molecule has 1 atom stereocenters. The van der Waals surface area contributed by atoms with Crippen molar-refractivity contribution in [1.82, 2.24) is 4.72 Å². The lowest BCUT2D eigenvalue weighted by Crippen LogP contribution is -2.25. The molecule has 30 heavy (non-hydrogen) atoms. The van der Waals surface area contributed by atoms with Crippen LogP contribution in [0.4, 0.5) is 0 Å². The van der Waals surface area contributed by atoms with Gasteiger partial charge in [-0.15, -0.1) is 0 Å². The first-order valence-electron chi connectivity index (χ1n) is 9.56. The third kappa shape index (κ3) is 3.93.